The van der Waals surface area contributed by atoms with Crippen LogP contribution in [0.25, 0.3) is 0 Å². The van der Waals surface area contributed by atoms with Gasteiger partial charge < -0.3 is 45.6 Å². The van der Waals surface area contributed by atoms with Crippen molar-refractivity contribution in [2.75, 3.05) is 0 Å². The molecule has 152 valence electrons. The molecule has 0 aliphatic rings. The van der Waals surface area contributed by atoms with Crippen molar-refractivity contribution in [3.05, 3.63) is 0 Å². The molecule has 0 amide bonds. The molecular weight excluding hydrogens is 384 g/mol. The Morgan fingerprint density at radius 3 is 1.04 bits per heavy atom. The maximum Gasteiger partial charge on any atom is 0.339 e. The molecule has 15 heteroatoms. The van der Waals surface area contributed by atoms with Gasteiger partial charge in [0.25, 0.3) is 0 Å². The lowest BCUT2D eigenvalue weighted by Crippen LogP contribution is -2.62. The third-order valence-corrected chi connectivity index (χ3v) is 3.17. The Morgan fingerprint density at radius 2 is 0.889 bits per heavy atom. The Hall–Kier alpha value is -3.30. The third-order valence-electron chi connectivity index (χ3n) is 3.17. The Bertz CT molecular complexity index is 612. The van der Waals surface area contributed by atoms with E-state index in [2.05, 4.69) is 4.74 Å². The summed E-state index contributed by atoms with van der Waals surface area (Å²) in [5.41, 5.74) is -7.60. The van der Waals surface area contributed by atoms with Crippen molar-refractivity contribution in [3.63, 3.8) is 0 Å². The van der Waals surface area contributed by atoms with Crippen LogP contribution in [-0.4, -0.2) is 100 Å². The van der Waals surface area contributed by atoms with Crippen LogP contribution in [0.5, 0.6) is 0 Å². The minimum atomic E-state index is -3.80. The fourth-order valence-electron chi connectivity index (χ4n) is 1.91. The topological polar surface area (TPSA) is 273 Å². The monoisotopic (exact) mass is 398 g/mol. The summed E-state index contributed by atoms with van der Waals surface area (Å²) in [4.78, 5) is 66.2. The van der Waals surface area contributed by atoms with Gasteiger partial charge in [0.15, 0.2) is 12.2 Å². The molecule has 0 aromatic rings. The summed E-state index contributed by atoms with van der Waals surface area (Å²) in [7, 11) is 0. The first-order valence-electron chi connectivity index (χ1n) is 6.55. The first-order chi connectivity index (χ1) is 12.1. The Kier molecular flexibility index (Phi) is 7.36. The van der Waals surface area contributed by atoms with E-state index in [0.717, 1.165) is 0 Å². The van der Waals surface area contributed by atoms with Gasteiger partial charge in [0.2, 0.25) is 11.2 Å². The minimum absolute atomic E-state index is 1.82. The fourth-order valence-corrected chi connectivity index (χ4v) is 1.91. The molecule has 0 aromatic heterocycles. The van der Waals surface area contributed by atoms with Crippen LogP contribution in [0, 0.1) is 0 Å². The van der Waals surface area contributed by atoms with E-state index in [9.17, 15) is 39.0 Å². The molecule has 4 unspecified atom stereocenters. The summed E-state index contributed by atoms with van der Waals surface area (Å²) in [6.45, 7) is 0. The molecule has 0 rings (SSSR count). The number of hydrogen-bond acceptors (Lipinski definition) is 9. The molecular formula is C12H14O15. The molecule has 0 heterocycles. The molecule has 0 bridgehead atoms. The van der Waals surface area contributed by atoms with Crippen LogP contribution in [0.4, 0.5) is 0 Å². The maximum absolute atomic E-state index is 11.2. The van der Waals surface area contributed by atoms with Gasteiger partial charge in [0, 0.05) is 0 Å². The zero-order valence-corrected chi connectivity index (χ0v) is 13.0. The molecule has 15 nitrogen and oxygen atoms in total. The zero-order chi connectivity index (χ0) is 21.7. The second-order valence-corrected chi connectivity index (χ2v) is 5.17. The van der Waals surface area contributed by atoms with Crippen molar-refractivity contribution in [3.8, 4) is 0 Å². The predicted molar refractivity (Wildman–Crippen MR) is 73.6 cm³/mol. The van der Waals surface area contributed by atoms with E-state index in [-0.39, 0.29) is 0 Å². The minimum Gasteiger partial charge on any atom is -0.481 e. The van der Waals surface area contributed by atoms with Gasteiger partial charge in [-0.2, -0.15) is 0 Å². The Labute approximate surface area is 147 Å². The number of carboxylic acids is 6. The fraction of sp³-hybridized carbons (Fsp3) is 0.500. The van der Waals surface area contributed by atoms with Gasteiger partial charge in [0.1, 0.15) is 0 Å². The molecule has 8 N–H and O–H groups in total. The molecule has 0 fully saturated rings. The number of carboxylic acid groups (broad SMARTS) is 6. The zero-order valence-electron chi connectivity index (χ0n) is 13.0. The van der Waals surface area contributed by atoms with Gasteiger partial charge in [0.05, 0.1) is 12.8 Å². The summed E-state index contributed by atoms with van der Waals surface area (Å²) in [5, 5.41) is 72.9. The number of ether oxygens (including phenoxy) is 1. The van der Waals surface area contributed by atoms with Crippen LogP contribution in [-0.2, 0) is 33.5 Å². The van der Waals surface area contributed by atoms with Gasteiger partial charge in [-0.05, 0) is 0 Å². The first-order valence-corrected chi connectivity index (χ1v) is 6.55. The summed E-state index contributed by atoms with van der Waals surface area (Å²) < 4.78 is 4.24. The molecule has 0 radical (unpaired) electrons. The summed E-state index contributed by atoms with van der Waals surface area (Å²) >= 11 is 0. The molecule has 0 aliphatic carbocycles. The van der Waals surface area contributed by atoms with E-state index in [1.807, 2.05) is 0 Å². The van der Waals surface area contributed by atoms with Crippen LogP contribution in [0.2, 0.25) is 0 Å². The molecule has 0 aliphatic heterocycles. The van der Waals surface area contributed by atoms with Crippen LogP contribution in [0.15, 0.2) is 0 Å². The summed E-state index contributed by atoms with van der Waals surface area (Å²) in [5.74, 6) is -14.0. The molecule has 0 spiro atoms. The lowest BCUT2D eigenvalue weighted by molar-refractivity contribution is -0.223. The number of aliphatic hydroxyl groups is 2. The van der Waals surface area contributed by atoms with E-state index in [1.165, 1.54) is 0 Å². The largest absolute Gasteiger partial charge is 0.481 e. The standard InChI is InChI=1S/C12H14O15/c13-3(14)1-11(25,9(21)22)5(7(17)18)27-6(8(19)20)12(26,10(23)24)2-4(15)16/h5-6,25-26H,1-2H2,(H,13,14)(H,15,16)(H,17,18)(H,19,20)(H,21,22)(H,23,24). The van der Waals surface area contributed by atoms with Crippen molar-refractivity contribution in [1.82, 2.24) is 0 Å². The smallest absolute Gasteiger partial charge is 0.339 e. The van der Waals surface area contributed by atoms with E-state index in [0.29, 0.717) is 0 Å². The van der Waals surface area contributed by atoms with Crippen molar-refractivity contribution in [2.24, 2.45) is 0 Å². The van der Waals surface area contributed by atoms with E-state index >= 15 is 0 Å². The summed E-state index contributed by atoms with van der Waals surface area (Å²) in [6, 6.07) is 0. The Morgan fingerprint density at radius 1 is 0.630 bits per heavy atom. The highest BCUT2D eigenvalue weighted by molar-refractivity contribution is 5.93. The highest BCUT2D eigenvalue weighted by atomic mass is 16.6. The molecule has 0 aromatic carbocycles. The van der Waals surface area contributed by atoms with Crippen molar-refractivity contribution in [1.29, 1.82) is 0 Å². The summed E-state index contributed by atoms with van der Waals surface area (Å²) in [6.07, 6.45) is -10.1. The number of hydrogen-bond donors (Lipinski definition) is 8. The molecule has 27 heavy (non-hydrogen) atoms. The van der Waals surface area contributed by atoms with Crippen LogP contribution in [0.1, 0.15) is 12.8 Å². The van der Waals surface area contributed by atoms with Gasteiger partial charge in [-0.3, -0.25) is 9.59 Å². The van der Waals surface area contributed by atoms with Crippen LogP contribution < -0.4 is 0 Å². The average Bonchev–Trinajstić information content (AvgIpc) is 2.44. The van der Waals surface area contributed by atoms with Crippen molar-refractivity contribution in [2.45, 2.75) is 36.3 Å². The highest BCUT2D eigenvalue weighted by Crippen LogP contribution is 2.27. The van der Waals surface area contributed by atoms with Gasteiger partial charge in [-0.25, -0.2) is 19.2 Å². The van der Waals surface area contributed by atoms with Crippen LogP contribution >= 0.6 is 0 Å². The lowest BCUT2D eigenvalue weighted by atomic mass is 9.89. The highest BCUT2D eigenvalue weighted by Gasteiger charge is 2.58. The second-order valence-electron chi connectivity index (χ2n) is 5.17. The normalized spacial score (nSPS) is 17.6. The second kappa shape index (κ2) is 8.39. The van der Waals surface area contributed by atoms with E-state index in [1.54, 1.807) is 0 Å². The Balaban J connectivity index is 6.31. The lowest BCUT2D eigenvalue weighted by Gasteiger charge is -2.34. The third kappa shape index (κ3) is 5.33. The maximum atomic E-state index is 11.2. The van der Waals surface area contributed by atoms with Crippen LogP contribution in [0.3, 0.4) is 0 Å². The molecule has 0 saturated heterocycles. The quantitative estimate of drug-likeness (QED) is 0.158. The number of aliphatic carboxylic acids is 6. The number of carbonyl (C=O) groups is 6. The molecule has 0 saturated carbocycles. The molecule has 4 atom stereocenters. The SMILES string of the molecule is O=C(O)CC(O)(C(=O)O)C(OC(C(=O)O)C(O)(CC(=O)O)C(=O)O)C(=O)O. The first kappa shape index (κ1) is 23.7. The van der Waals surface area contributed by atoms with E-state index in [4.69, 9.17) is 30.6 Å². The average molecular weight is 398 g/mol. The van der Waals surface area contributed by atoms with Crippen molar-refractivity contribution < 1.29 is 74.4 Å². The van der Waals surface area contributed by atoms with Gasteiger partial charge in [-0.1, -0.05) is 0 Å². The van der Waals surface area contributed by atoms with Gasteiger partial charge in [-0.15, -0.1) is 0 Å². The van der Waals surface area contributed by atoms with E-state index < -0.39 is 72.1 Å². The predicted octanol–water partition coefficient (Wildman–Crippen LogP) is -3.51. The van der Waals surface area contributed by atoms with Gasteiger partial charge >= 0.3 is 35.8 Å². The van der Waals surface area contributed by atoms with Crippen molar-refractivity contribution >= 4 is 35.8 Å². The number of rotatable bonds is 12.